The molecule has 78 valence electrons. The van der Waals surface area contributed by atoms with Gasteiger partial charge in [-0.15, -0.1) is 0 Å². The lowest BCUT2D eigenvalue weighted by atomic mass is 10.1. The van der Waals surface area contributed by atoms with Crippen molar-refractivity contribution in [1.82, 2.24) is 5.32 Å². The number of hydrogen-bond acceptors (Lipinski definition) is 2. The third kappa shape index (κ3) is 3.48. The standard InChI is InChI=1S/C12H20N2/c1-10-5-3-4-6-12(10)9-14-11(2)7-8-13/h3-6,11,14H,7-9,13H2,1-2H3. The Morgan fingerprint density at radius 3 is 2.71 bits per heavy atom. The topological polar surface area (TPSA) is 38.0 Å². The van der Waals surface area contributed by atoms with Gasteiger partial charge >= 0.3 is 0 Å². The molecule has 0 saturated carbocycles. The lowest BCUT2D eigenvalue weighted by molar-refractivity contribution is 0.519. The van der Waals surface area contributed by atoms with Crippen LogP contribution in [-0.2, 0) is 6.54 Å². The lowest BCUT2D eigenvalue weighted by Gasteiger charge is -2.13. The molecule has 0 spiro atoms. The van der Waals surface area contributed by atoms with Crippen LogP contribution in [0.4, 0.5) is 0 Å². The molecular weight excluding hydrogens is 172 g/mol. The molecule has 2 nitrogen and oxygen atoms in total. The first-order chi connectivity index (χ1) is 6.74. The van der Waals surface area contributed by atoms with Crippen LogP contribution < -0.4 is 11.1 Å². The number of nitrogens with two attached hydrogens (primary N) is 1. The molecule has 1 unspecified atom stereocenters. The number of hydrogen-bond donors (Lipinski definition) is 2. The fourth-order valence-electron chi connectivity index (χ4n) is 1.44. The van der Waals surface area contributed by atoms with Crippen molar-refractivity contribution in [2.45, 2.75) is 32.9 Å². The van der Waals surface area contributed by atoms with E-state index in [-0.39, 0.29) is 0 Å². The maximum atomic E-state index is 5.49. The molecule has 1 atom stereocenters. The summed E-state index contributed by atoms with van der Waals surface area (Å²) in [7, 11) is 0. The maximum absolute atomic E-state index is 5.49. The van der Waals surface area contributed by atoms with E-state index in [1.807, 2.05) is 0 Å². The van der Waals surface area contributed by atoms with Crippen molar-refractivity contribution in [1.29, 1.82) is 0 Å². The van der Waals surface area contributed by atoms with Crippen LogP contribution in [0.5, 0.6) is 0 Å². The van der Waals surface area contributed by atoms with Gasteiger partial charge in [-0.3, -0.25) is 0 Å². The molecule has 0 heterocycles. The normalized spacial score (nSPS) is 12.8. The van der Waals surface area contributed by atoms with Crippen molar-refractivity contribution >= 4 is 0 Å². The van der Waals surface area contributed by atoms with Crippen molar-refractivity contribution < 1.29 is 0 Å². The van der Waals surface area contributed by atoms with Crippen molar-refractivity contribution in [3.8, 4) is 0 Å². The van der Waals surface area contributed by atoms with E-state index < -0.39 is 0 Å². The third-order valence-corrected chi connectivity index (χ3v) is 2.50. The van der Waals surface area contributed by atoms with E-state index in [0.29, 0.717) is 6.04 Å². The first-order valence-electron chi connectivity index (χ1n) is 5.22. The molecule has 14 heavy (non-hydrogen) atoms. The van der Waals surface area contributed by atoms with Gasteiger partial charge < -0.3 is 11.1 Å². The largest absolute Gasteiger partial charge is 0.330 e. The fraction of sp³-hybridized carbons (Fsp3) is 0.500. The zero-order valence-electron chi connectivity index (χ0n) is 9.09. The van der Waals surface area contributed by atoms with Gasteiger partial charge in [0.1, 0.15) is 0 Å². The van der Waals surface area contributed by atoms with E-state index in [1.165, 1.54) is 11.1 Å². The van der Waals surface area contributed by atoms with Crippen LogP contribution >= 0.6 is 0 Å². The van der Waals surface area contributed by atoms with Gasteiger partial charge in [0.25, 0.3) is 0 Å². The Bertz CT molecular complexity index is 271. The molecule has 2 heteroatoms. The Kier molecular flexibility index (Phi) is 4.63. The van der Waals surface area contributed by atoms with Gasteiger partial charge in [0, 0.05) is 12.6 Å². The Labute approximate surface area is 86.5 Å². The molecule has 1 rings (SSSR count). The minimum Gasteiger partial charge on any atom is -0.330 e. The number of nitrogens with one attached hydrogen (secondary N) is 1. The van der Waals surface area contributed by atoms with Crippen LogP contribution in [0.1, 0.15) is 24.5 Å². The molecule has 1 aromatic carbocycles. The van der Waals surface area contributed by atoms with Gasteiger partial charge in [-0.05, 0) is 37.9 Å². The Balaban J connectivity index is 2.41. The second kappa shape index (κ2) is 5.78. The highest BCUT2D eigenvalue weighted by atomic mass is 14.9. The van der Waals surface area contributed by atoms with Crippen molar-refractivity contribution in [2.24, 2.45) is 5.73 Å². The van der Waals surface area contributed by atoms with Crippen LogP contribution in [0.2, 0.25) is 0 Å². The molecule has 0 aliphatic heterocycles. The fourth-order valence-corrected chi connectivity index (χ4v) is 1.44. The average molecular weight is 192 g/mol. The van der Waals surface area contributed by atoms with Crippen LogP contribution in [0.15, 0.2) is 24.3 Å². The predicted octanol–water partition coefficient (Wildman–Crippen LogP) is 1.82. The van der Waals surface area contributed by atoms with Crippen molar-refractivity contribution in [2.75, 3.05) is 6.54 Å². The molecule has 0 saturated heterocycles. The summed E-state index contributed by atoms with van der Waals surface area (Å²) in [5.41, 5.74) is 8.21. The van der Waals surface area contributed by atoms with Crippen molar-refractivity contribution in [3.63, 3.8) is 0 Å². The van der Waals surface area contributed by atoms with E-state index in [4.69, 9.17) is 5.73 Å². The molecule has 0 aromatic heterocycles. The van der Waals surface area contributed by atoms with Gasteiger partial charge in [0.05, 0.1) is 0 Å². The Morgan fingerprint density at radius 2 is 2.07 bits per heavy atom. The molecule has 0 bridgehead atoms. The molecule has 0 amide bonds. The predicted molar refractivity (Wildman–Crippen MR) is 61.2 cm³/mol. The highest BCUT2D eigenvalue weighted by Gasteiger charge is 2.01. The molecule has 1 aromatic rings. The Hall–Kier alpha value is -0.860. The summed E-state index contributed by atoms with van der Waals surface area (Å²) in [6, 6.07) is 8.96. The molecule has 0 aliphatic carbocycles. The van der Waals surface area contributed by atoms with E-state index in [2.05, 4.69) is 43.4 Å². The minimum absolute atomic E-state index is 0.500. The quantitative estimate of drug-likeness (QED) is 0.747. The monoisotopic (exact) mass is 192 g/mol. The van der Waals surface area contributed by atoms with E-state index >= 15 is 0 Å². The second-order valence-corrected chi connectivity index (χ2v) is 3.79. The van der Waals surface area contributed by atoms with Crippen LogP contribution in [-0.4, -0.2) is 12.6 Å². The molecule has 0 fully saturated rings. The highest BCUT2D eigenvalue weighted by Crippen LogP contribution is 2.06. The summed E-state index contributed by atoms with van der Waals surface area (Å²) >= 11 is 0. The first kappa shape index (κ1) is 11.2. The van der Waals surface area contributed by atoms with Crippen LogP contribution in [0.25, 0.3) is 0 Å². The lowest BCUT2D eigenvalue weighted by Crippen LogP contribution is -2.28. The summed E-state index contributed by atoms with van der Waals surface area (Å²) in [4.78, 5) is 0. The Morgan fingerprint density at radius 1 is 1.36 bits per heavy atom. The van der Waals surface area contributed by atoms with Crippen molar-refractivity contribution in [3.05, 3.63) is 35.4 Å². The molecule has 3 N–H and O–H groups in total. The maximum Gasteiger partial charge on any atom is 0.0210 e. The van der Waals surface area contributed by atoms with Crippen LogP contribution in [0.3, 0.4) is 0 Å². The summed E-state index contributed by atoms with van der Waals surface area (Å²) in [6.07, 6.45) is 1.03. The SMILES string of the molecule is Cc1ccccc1CNC(C)CCN. The zero-order valence-corrected chi connectivity index (χ0v) is 9.09. The summed E-state index contributed by atoms with van der Waals surface area (Å²) in [6.45, 7) is 6.01. The van der Waals surface area contributed by atoms with Crippen LogP contribution in [0, 0.1) is 6.92 Å². The van der Waals surface area contributed by atoms with Gasteiger partial charge in [-0.25, -0.2) is 0 Å². The molecular formula is C12H20N2. The number of rotatable bonds is 5. The highest BCUT2D eigenvalue weighted by molar-refractivity contribution is 5.25. The van der Waals surface area contributed by atoms with Gasteiger partial charge in [-0.2, -0.15) is 0 Å². The molecule has 0 radical (unpaired) electrons. The van der Waals surface area contributed by atoms with E-state index in [1.54, 1.807) is 0 Å². The summed E-state index contributed by atoms with van der Waals surface area (Å²) in [5.74, 6) is 0. The zero-order chi connectivity index (χ0) is 10.4. The molecule has 0 aliphatic rings. The van der Waals surface area contributed by atoms with Gasteiger partial charge in [0.2, 0.25) is 0 Å². The van der Waals surface area contributed by atoms with E-state index in [0.717, 1.165) is 19.5 Å². The number of benzene rings is 1. The summed E-state index contributed by atoms with van der Waals surface area (Å²) in [5, 5.41) is 3.46. The van der Waals surface area contributed by atoms with Gasteiger partial charge in [-0.1, -0.05) is 24.3 Å². The number of aryl methyl sites for hydroxylation is 1. The average Bonchev–Trinajstić information content (AvgIpc) is 2.17. The van der Waals surface area contributed by atoms with E-state index in [9.17, 15) is 0 Å². The minimum atomic E-state index is 0.500. The smallest absolute Gasteiger partial charge is 0.0210 e. The second-order valence-electron chi connectivity index (χ2n) is 3.79. The van der Waals surface area contributed by atoms with Gasteiger partial charge in [0.15, 0.2) is 0 Å². The summed E-state index contributed by atoms with van der Waals surface area (Å²) < 4.78 is 0. The first-order valence-corrected chi connectivity index (χ1v) is 5.22. The third-order valence-electron chi connectivity index (χ3n) is 2.50.